The Morgan fingerprint density at radius 3 is 2.67 bits per heavy atom. The molecular formula is C11H18F3N. The summed E-state index contributed by atoms with van der Waals surface area (Å²) in [7, 11) is 0. The van der Waals surface area contributed by atoms with Crippen molar-refractivity contribution < 1.29 is 13.2 Å². The second kappa shape index (κ2) is 5.01. The van der Waals surface area contributed by atoms with Gasteiger partial charge in [-0.1, -0.05) is 19.9 Å². The predicted molar refractivity (Wildman–Crippen MR) is 54.6 cm³/mol. The van der Waals surface area contributed by atoms with E-state index in [0.717, 1.165) is 6.54 Å². The van der Waals surface area contributed by atoms with Gasteiger partial charge in [0.15, 0.2) is 0 Å². The molecule has 1 rings (SSSR count). The maximum atomic E-state index is 12.5. The molecule has 1 aliphatic carbocycles. The molecule has 0 unspecified atom stereocenters. The average molecular weight is 221 g/mol. The van der Waals surface area contributed by atoms with Crippen LogP contribution < -0.4 is 5.32 Å². The van der Waals surface area contributed by atoms with Gasteiger partial charge in [0.2, 0.25) is 0 Å². The van der Waals surface area contributed by atoms with E-state index in [1.54, 1.807) is 0 Å². The third-order valence-corrected chi connectivity index (χ3v) is 3.01. The van der Waals surface area contributed by atoms with Crippen LogP contribution in [-0.2, 0) is 0 Å². The molecule has 0 aromatic rings. The maximum absolute atomic E-state index is 12.5. The van der Waals surface area contributed by atoms with Gasteiger partial charge in [0.25, 0.3) is 0 Å². The van der Waals surface area contributed by atoms with Crippen LogP contribution in [0.1, 0.15) is 26.7 Å². The average Bonchev–Trinajstić information content (AvgIpc) is 2.15. The van der Waals surface area contributed by atoms with Crippen LogP contribution in [-0.4, -0.2) is 19.3 Å². The molecule has 0 saturated carbocycles. The first-order valence-electron chi connectivity index (χ1n) is 5.43. The van der Waals surface area contributed by atoms with Crippen LogP contribution >= 0.6 is 0 Å². The molecular weight excluding hydrogens is 203 g/mol. The predicted octanol–water partition coefficient (Wildman–Crippen LogP) is 3.13. The minimum absolute atomic E-state index is 0.0234. The Morgan fingerprint density at radius 1 is 1.47 bits per heavy atom. The minimum Gasteiger partial charge on any atom is -0.316 e. The van der Waals surface area contributed by atoms with Crippen LogP contribution in [0.4, 0.5) is 13.2 Å². The van der Waals surface area contributed by atoms with E-state index in [2.05, 4.69) is 5.32 Å². The van der Waals surface area contributed by atoms with Crippen molar-refractivity contribution in [2.75, 3.05) is 13.1 Å². The van der Waals surface area contributed by atoms with Gasteiger partial charge in [0.1, 0.15) is 0 Å². The Labute approximate surface area is 88.7 Å². The minimum atomic E-state index is -4.13. The molecule has 0 aromatic carbocycles. The molecule has 0 spiro atoms. The first-order valence-corrected chi connectivity index (χ1v) is 5.43. The second-order valence-corrected chi connectivity index (χ2v) is 4.18. The van der Waals surface area contributed by atoms with Crippen molar-refractivity contribution in [3.05, 3.63) is 11.6 Å². The third-order valence-electron chi connectivity index (χ3n) is 3.01. The Morgan fingerprint density at radius 2 is 2.13 bits per heavy atom. The highest BCUT2D eigenvalue weighted by Gasteiger charge is 2.36. The van der Waals surface area contributed by atoms with E-state index in [4.69, 9.17) is 0 Å². The fourth-order valence-electron chi connectivity index (χ4n) is 1.91. The van der Waals surface area contributed by atoms with Gasteiger partial charge in [-0.05, 0) is 31.2 Å². The van der Waals surface area contributed by atoms with Crippen LogP contribution in [0.3, 0.4) is 0 Å². The molecule has 0 bridgehead atoms. The number of allylic oxidation sites excluding steroid dienone is 1. The van der Waals surface area contributed by atoms with E-state index >= 15 is 0 Å². The summed E-state index contributed by atoms with van der Waals surface area (Å²) in [6.07, 6.45) is -1.91. The highest BCUT2D eigenvalue weighted by Crippen LogP contribution is 2.37. The van der Waals surface area contributed by atoms with Crippen molar-refractivity contribution in [3.8, 4) is 0 Å². The van der Waals surface area contributed by atoms with Crippen molar-refractivity contribution in [2.45, 2.75) is 32.9 Å². The largest absolute Gasteiger partial charge is 0.412 e. The molecule has 0 amide bonds. The van der Waals surface area contributed by atoms with Crippen molar-refractivity contribution >= 4 is 0 Å². The molecule has 0 aliphatic heterocycles. The number of rotatable bonds is 3. The zero-order chi connectivity index (χ0) is 11.5. The Balaban J connectivity index is 2.67. The Hall–Kier alpha value is -0.510. The van der Waals surface area contributed by atoms with Gasteiger partial charge >= 0.3 is 6.18 Å². The number of halogens is 3. The van der Waals surface area contributed by atoms with Crippen molar-refractivity contribution in [3.63, 3.8) is 0 Å². The number of hydrogen-bond donors (Lipinski definition) is 1. The zero-order valence-corrected chi connectivity index (χ0v) is 9.19. The highest BCUT2D eigenvalue weighted by atomic mass is 19.4. The molecule has 2 atom stereocenters. The summed E-state index contributed by atoms with van der Waals surface area (Å²) in [4.78, 5) is 0. The summed E-state index contributed by atoms with van der Waals surface area (Å²) in [5.74, 6) is 0.366. The van der Waals surface area contributed by atoms with E-state index < -0.39 is 6.18 Å². The number of alkyl halides is 3. The van der Waals surface area contributed by atoms with E-state index in [1.807, 2.05) is 13.8 Å². The maximum Gasteiger partial charge on any atom is 0.412 e. The summed E-state index contributed by atoms with van der Waals surface area (Å²) in [5.41, 5.74) is -0.344. The van der Waals surface area contributed by atoms with Gasteiger partial charge in [-0.3, -0.25) is 0 Å². The third kappa shape index (κ3) is 3.52. The molecule has 88 valence electrons. The first kappa shape index (κ1) is 12.6. The van der Waals surface area contributed by atoms with Crippen LogP contribution in [0.15, 0.2) is 11.6 Å². The summed E-state index contributed by atoms with van der Waals surface area (Å²) in [5, 5.41) is 3.11. The van der Waals surface area contributed by atoms with Crippen LogP contribution in [0.5, 0.6) is 0 Å². The van der Waals surface area contributed by atoms with E-state index in [1.165, 1.54) is 6.08 Å². The normalized spacial score (nSPS) is 27.7. The standard InChI is InChI=1S/C11H18F3N/c1-3-15-7-9-6-10(11(12,13)14)5-4-8(9)2/h6,8-9,15H,3-5,7H2,1-2H3/t8-,9-/m0/s1. The van der Waals surface area contributed by atoms with Gasteiger partial charge in [-0.25, -0.2) is 0 Å². The molecule has 0 radical (unpaired) electrons. The monoisotopic (exact) mass is 221 g/mol. The zero-order valence-electron chi connectivity index (χ0n) is 9.19. The van der Waals surface area contributed by atoms with E-state index in [-0.39, 0.29) is 17.9 Å². The molecule has 0 fully saturated rings. The number of nitrogens with one attached hydrogen (secondary N) is 1. The SMILES string of the molecule is CCNC[C@@H]1C=C(C(F)(F)F)CC[C@@H]1C. The van der Waals surface area contributed by atoms with Crippen LogP contribution in [0.2, 0.25) is 0 Å². The summed E-state index contributed by atoms with van der Waals surface area (Å²) >= 11 is 0. The molecule has 0 heterocycles. The van der Waals surface area contributed by atoms with Crippen LogP contribution in [0, 0.1) is 11.8 Å². The Kier molecular flexibility index (Phi) is 4.20. The summed E-state index contributed by atoms with van der Waals surface area (Å²) in [6.45, 7) is 5.43. The molecule has 1 N–H and O–H groups in total. The molecule has 1 aliphatic rings. The van der Waals surface area contributed by atoms with E-state index in [0.29, 0.717) is 18.9 Å². The van der Waals surface area contributed by atoms with Gasteiger partial charge < -0.3 is 5.32 Å². The molecule has 4 heteroatoms. The smallest absolute Gasteiger partial charge is 0.316 e. The van der Waals surface area contributed by atoms with Crippen molar-refractivity contribution in [1.82, 2.24) is 5.32 Å². The fraction of sp³-hybridized carbons (Fsp3) is 0.818. The number of hydrogen-bond acceptors (Lipinski definition) is 1. The summed E-state index contributed by atoms with van der Waals surface area (Å²) < 4.78 is 37.4. The van der Waals surface area contributed by atoms with Gasteiger partial charge in [0, 0.05) is 12.1 Å². The van der Waals surface area contributed by atoms with E-state index in [9.17, 15) is 13.2 Å². The topological polar surface area (TPSA) is 12.0 Å². The lowest BCUT2D eigenvalue weighted by atomic mass is 9.81. The van der Waals surface area contributed by atoms with Gasteiger partial charge in [-0.15, -0.1) is 0 Å². The summed E-state index contributed by atoms with van der Waals surface area (Å²) in [6, 6.07) is 0. The highest BCUT2D eigenvalue weighted by molar-refractivity contribution is 5.15. The lowest BCUT2D eigenvalue weighted by Crippen LogP contribution is -2.30. The molecule has 0 aromatic heterocycles. The van der Waals surface area contributed by atoms with Crippen LogP contribution in [0.25, 0.3) is 0 Å². The quantitative estimate of drug-likeness (QED) is 0.722. The second-order valence-electron chi connectivity index (χ2n) is 4.18. The fourth-order valence-corrected chi connectivity index (χ4v) is 1.91. The van der Waals surface area contributed by atoms with Crippen molar-refractivity contribution in [1.29, 1.82) is 0 Å². The lowest BCUT2D eigenvalue weighted by molar-refractivity contribution is -0.0962. The molecule has 0 saturated heterocycles. The molecule has 15 heavy (non-hydrogen) atoms. The Bertz CT molecular complexity index is 232. The van der Waals surface area contributed by atoms with Gasteiger partial charge in [0.05, 0.1) is 0 Å². The van der Waals surface area contributed by atoms with Crippen molar-refractivity contribution in [2.24, 2.45) is 11.8 Å². The molecule has 1 nitrogen and oxygen atoms in total. The lowest BCUT2D eigenvalue weighted by Gasteiger charge is -2.28. The first-order chi connectivity index (χ1) is 6.95. The van der Waals surface area contributed by atoms with Gasteiger partial charge in [-0.2, -0.15) is 13.2 Å².